The second kappa shape index (κ2) is 5.65. The normalized spacial score (nSPS) is 12.5. The molecular formula is C11H19N3O2. The number of hydrogen-bond acceptors (Lipinski definition) is 4. The Balaban J connectivity index is 2.68. The molecule has 90 valence electrons. The summed E-state index contributed by atoms with van der Waals surface area (Å²) in [5.41, 5.74) is 7.76. The predicted octanol–water partition coefficient (Wildman–Crippen LogP) is 0.415. The number of aromatic nitrogens is 2. The highest BCUT2D eigenvalue weighted by Crippen LogP contribution is 2.09. The summed E-state index contributed by atoms with van der Waals surface area (Å²) >= 11 is 0. The van der Waals surface area contributed by atoms with Crippen LogP contribution >= 0.6 is 0 Å². The number of rotatable bonds is 5. The highest BCUT2D eigenvalue weighted by atomic mass is 16.5. The minimum atomic E-state index is -0.602. The molecule has 16 heavy (non-hydrogen) atoms. The van der Waals surface area contributed by atoms with Crippen LogP contribution in [-0.4, -0.2) is 28.4 Å². The van der Waals surface area contributed by atoms with Crippen molar-refractivity contribution >= 4 is 5.97 Å². The van der Waals surface area contributed by atoms with Crippen molar-refractivity contribution < 1.29 is 9.53 Å². The molecule has 0 aromatic carbocycles. The highest BCUT2D eigenvalue weighted by molar-refractivity contribution is 5.75. The summed E-state index contributed by atoms with van der Waals surface area (Å²) < 4.78 is 6.61. The lowest BCUT2D eigenvalue weighted by Crippen LogP contribution is -2.34. The molecule has 1 rings (SSSR count). The molecule has 5 nitrogen and oxygen atoms in total. The van der Waals surface area contributed by atoms with Gasteiger partial charge < -0.3 is 10.5 Å². The Morgan fingerprint density at radius 1 is 1.62 bits per heavy atom. The molecule has 0 saturated heterocycles. The Morgan fingerprint density at radius 3 is 2.88 bits per heavy atom. The van der Waals surface area contributed by atoms with Crippen LogP contribution in [0, 0.1) is 0 Å². The van der Waals surface area contributed by atoms with Crippen molar-refractivity contribution in [2.24, 2.45) is 12.8 Å². The monoisotopic (exact) mass is 225 g/mol. The second-order valence-electron chi connectivity index (χ2n) is 3.69. The summed E-state index contributed by atoms with van der Waals surface area (Å²) in [5.74, 6) is -0.353. The van der Waals surface area contributed by atoms with Crippen molar-refractivity contribution in [2.75, 3.05) is 6.61 Å². The molecule has 1 unspecified atom stereocenters. The Morgan fingerprint density at radius 2 is 2.31 bits per heavy atom. The van der Waals surface area contributed by atoms with Crippen LogP contribution < -0.4 is 5.73 Å². The number of hydrogen-bond donors (Lipinski definition) is 1. The molecule has 0 amide bonds. The van der Waals surface area contributed by atoms with Crippen LogP contribution in [0.1, 0.15) is 25.1 Å². The Kier molecular flexibility index (Phi) is 4.49. The molecule has 2 N–H and O–H groups in total. The molecule has 1 aromatic heterocycles. The van der Waals surface area contributed by atoms with Crippen molar-refractivity contribution in [1.29, 1.82) is 0 Å². The summed E-state index contributed by atoms with van der Waals surface area (Å²) in [6.07, 6.45) is 3.22. The molecule has 0 saturated carbocycles. The van der Waals surface area contributed by atoms with E-state index >= 15 is 0 Å². The van der Waals surface area contributed by atoms with E-state index in [1.165, 1.54) is 0 Å². The van der Waals surface area contributed by atoms with E-state index in [0.717, 1.165) is 17.7 Å². The molecule has 0 bridgehead atoms. The van der Waals surface area contributed by atoms with Gasteiger partial charge in [-0.2, -0.15) is 5.10 Å². The summed E-state index contributed by atoms with van der Waals surface area (Å²) in [6, 6.07) is -0.602. The average molecular weight is 225 g/mol. The zero-order chi connectivity index (χ0) is 12.1. The maximum absolute atomic E-state index is 11.4. The molecule has 0 aliphatic rings. The van der Waals surface area contributed by atoms with E-state index in [4.69, 9.17) is 10.5 Å². The van der Waals surface area contributed by atoms with Crippen molar-refractivity contribution in [3.05, 3.63) is 17.5 Å². The number of aryl methyl sites for hydroxylation is 2. The van der Waals surface area contributed by atoms with Gasteiger partial charge in [-0.3, -0.25) is 9.48 Å². The van der Waals surface area contributed by atoms with Gasteiger partial charge in [-0.1, -0.05) is 6.92 Å². The van der Waals surface area contributed by atoms with Gasteiger partial charge >= 0.3 is 5.97 Å². The summed E-state index contributed by atoms with van der Waals surface area (Å²) in [4.78, 5) is 11.4. The zero-order valence-corrected chi connectivity index (χ0v) is 10.1. The van der Waals surface area contributed by atoms with Crippen LogP contribution in [-0.2, 0) is 29.4 Å². The molecule has 0 aliphatic carbocycles. The number of nitrogens with zero attached hydrogens (tertiary/aromatic N) is 2. The third-order valence-electron chi connectivity index (χ3n) is 2.36. The molecule has 5 heteroatoms. The van der Waals surface area contributed by atoms with Crippen molar-refractivity contribution in [1.82, 2.24) is 9.78 Å². The van der Waals surface area contributed by atoms with E-state index < -0.39 is 6.04 Å². The molecule has 0 spiro atoms. The third kappa shape index (κ3) is 3.06. The molecule has 0 fully saturated rings. The van der Waals surface area contributed by atoms with E-state index in [2.05, 4.69) is 5.10 Å². The predicted molar refractivity (Wildman–Crippen MR) is 60.9 cm³/mol. The van der Waals surface area contributed by atoms with Gasteiger partial charge in [0.1, 0.15) is 6.04 Å². The Hall–Kier alpha value is -1.36. The quantitative estimate of drug-likeness (QED) is 0.737. The molecule has 0 aliphatic heterocycles. The van der Waals surface area contributed by atoms with Gasteiger partial charge in [0.15, 0.2) is 0 Å². The largest absolute Gasteiger partial charge is 0.465 e. The first-order valence-electron chi connectivity index (χ1n) is 5.52. The minimum absolute atomic E-state index is 0.353. The van der Waals surface area contributed by atoms with Gasteiger partial charge in [0, 0.05) is 19.7 Å². The smallest absolute Gasteiger partial charge is 0.323 e. The average Bonchev–Trinajstić information content (AvgIpc) is 2.59. The van der Waals surface area contributed by atoms with Crippen molar-refractivity contribution in [2.45, 2.75) is 32.7 Å². The molecule has 1 aromatic rings. The van der Waals surface area contributed by atoms with Crippen LogP contribution in [0.3, 0.4) is 0 Å². The van der Waals surface area contributed by atoms with E-state index in [9.17, 15) is 4.79 Å². The molecular weight excluding hydrogens is 206 g/mol. The fourth-order valence-corrected chi connectivity index (χ4v) is 1.62. The third-order valence-corrected chi connectivity index (χ3v) is 2.36. The zero-order valence-electron chi connectivity index (χ0n) is 10.1. The minimum Gasteiger partial charge on any atom is -0.465 e. The SMILES string of the molecule is CCOC(=O)C(N)Cc1cn(C)nc1CC. The number of carbonyl (C=O) groups excluding carboxylic acids is 1. The fourth-order valence-electron chi connectivity index (χ4n) is 1.62. The lowest BCUT2D eigenvalue weighted by molar-refractivity contribution is -0.144. The Labute approximate surface area is 95.6 Å². The van der Waals surface area contributed by atoms with Gasteiger partial charge in [-0.05, 0) is 18.9 Å². The van der Waals surface area contributed by atoms with Crippen molar-refractivity contribution in [3.63, 3.8) is 0 Å². The van der Waals surface area contributed by atoms with Crippen LogP contribution in [0.25, 0.3) is 0 Å². The standard InChI is InChI=1S/C11H19N3O2/c1-4-10-8(7-14(3)13-10)6-9(12)11(15)16-5-2/h7,9H,4-6,12H2,1-3H3. The maximum Gasteiger partial charge on any atom is 0.323 e. The van der Waals surface area contributed by atoms with Gasteiger partial charge in [-0.15, -0.1) is 0 Å². The first-order valence-corrected chi connectivity index (χ1v) is 5.52. The van der Waals surface area contributed by atoms with E-state index in [0.29, 0.717) is 13.0 Å². The maximum atomic E-state index is 11.4. The summed E-state index contributed by atoms with van der Waals surface area (Å²) in [5, 5.41) is 4.30. The highest BCUT2D eigenvalue weighted by Gasteiger charge is 2.18. The van der Waals surface area contributed by atoms with Crippen LogP contribution in [0.2, 0.25) is 0 Å². The Bertz CT molecular complexity index is 360. The molecule has 1 heterocycles. The number of ether oxygens (including phenoxy) is 1. The van der Waals surface area contributed by atoms with E-state index in [-0.39, 0.29) is 5.97 Å². The molecule has 1 atom stereocenters. The van der Waals surface area contributed by atoms with Gasteiger partial charge in [0.05, 0.1) is 12.3 Å². The lowest BCUT2D eigenvalue weighted by atomic mass is 10.1. The van der Waals surface area contributed by atoms with Crippen LogP contribution in [0.4, 0.5) is 0 Å². The summed E-state index contributed by atoms with van der Waals surface area (Å²) in [6.45, 7) is 4.16. The topological polar surface area (TPSA) is 70.1 Å². The van der Waals surface area contributed by atoms with Gasteiger partial charge in [-0.25, -0.2) is 0 Å². The van der Waals surface area contributed by atoms with E-state index in [1.807, 2.05) is 20.2 Å². The first-order chi connectivity index (χ1) is 7.58. The number of nitrogens with two attached hydrogens (primary N) is 1. The molecule has 0 radical (unpaired) electrons. The van der Waals surface area contributed by atoms with Crippen LogP contribution in [0.5, 0.6) is 0 Å². The van der Waals surface area contributed by atoms with Gasteiger partial charge in [0.2, 0.25) is 0 Å². The van der Waals surface area contributed by atoms with Gasteiger partial charge in [0.25, 0.3) is 0 Å². The number of carbonyl (C=O) groups is 1. The summed E-state index contributed by atoms with van der Waals surface area (Å²) in [7, 11) is 1.86. The van der Waals surface area contributed by atoms with Crippen LogP contribution in [0.15, 0.2) is 6.20 Å². The fraction of sp³-hybridized carbons (Fsp3) is 0.636. The first kappa shape index (κ1) is 12.7. The number of esters is 1. The lowest BCUT2D eigenvalue weighted by Gasteiger charge is -2.09. The second-order valence-corrected chi connectivity index (χ2v) is 3.69. The van der Waals surface area contributed by atoms with E-state index in [1.54, 1.807) is 11.6 Å². The van der Waals surface area contributed by atoms with Crippen molar-refractivity contribution in [3.8, 4) is 0 Å².